The van der Waals surface area contributed by atoms with Crippen LogP contribution in [0.4, 0.5) is 4.79 Å². The van der Waals surface area contributed by atoms with Crippen LogP contribution in [0, 0.1) is 11.3 Å². The molecule has 0 aliphatic heterocycles. The van der Waals surface area contributed by atoms with Crippen molar-refractivity contribution >= 4 is 18.0 Å². The Morgan fingerprint density at radius 3 is 2.19 bits per heavy atom. The number of carboxylic acids is 1. The highest BCUT2D eigenvalue weighted by Gasteiger charge is 2.30. The van der Waals surface area contributed by atoms with Crippen LogP contribution in [-0.2, 0) is 14.3 Å². The minimum atomic E-state index is -1.31. The van der Waals surface area contributed by atoms with Gasteiger partial charge in [-0.05, 0) is 29.2 Å². The van der Waals surface area contributed by atoms with E-state index >= 15 is 0 Å². The zero-order valence-corrected chi connectivity index (χ0v) is 17.0. The van der Waals surface area contributed by atoms with Crippen molar-refractivity contribution in [1.29, 1.82) is 5.26 Å². The van der Waals surface area contributed by atoms with Gasteiger partial charge in [-0.2, -0.15) is 5.26 Å². The van der Waals surface area contributed by atoms with E-state index in [9.17, 15) is 14.4 Å². The van der Waals surface area contributed by atoms with Crippen LogP contribution in [0.25, 0.3) is 11.1 Å². The lowest BCUT2D eigenvalue weighted by molar-refractivity contribution is -0.140. The molecule has 3 rings (SSSR count). The van der Waals surface area contributed by atoms with Crippen LogP contribution < -0.4 is 10.6 Å². The summed E-state index contributed by atoms with van der Waals surface area (Å²) in [4.78, 5) is 35.8. The molecule has 0 heterocycles. The first-order valence-electron chi connectivity index (χ1n) is 9.91. The molecule has 0 saturated carbocycles. The number of hydrogen-bond acceptors (Lipinski definition) is 5. The number of nitrogens with one attached hydrogen (secondary N) is 2. The second-order valence-electron chi connectivity index (χ2n) is 7.39. The molecule has 2 amide bonds. The normalized spacial score (nSPS) is 13.8. The van der Waals surface area contributed by atoms with E-state index < -0.39 is 36.5 Å². The predicted octanol–water partition coefficient (Wildman–Crippen LogP) is 2.79. The number of alkyl carbamates (subject to hydrolysis) is 1. The van der Waals surface area contributed by atoms with E-state index in [0.29, 0.717) is 0 Å². The van der Waals surface area contributed by atoms with E-state index in [1.165, 1.54) is 0 Å². The maximum absolute atomic E-state index is 12.4. The lowest BCUT2D eigenvalue weighted by Crippen LogP contribution is -2.50. The van der Waals surface area contributed by atoms with Gasteiger partial charge >= 0.3 is 12.1 Å². The number of nitriles is 1. The zero-order chi connectivity index (χ0) is 22.4. The van der Waals surface area contributed by atoms with Crippen LogP contribution in [0.5, 0.6) is 0 Å². The van der Waals surface area contributed by atoms with Crippen molar-refractivity contribution in [3.05, 3.63) is 59.7 Å². The van der Waals surface area contributed by atoms with E-state index in [1.54, 1.807) is 6.92 Å². The molecule has 8 heteroatoms. The molecular formula is C23H23N3O5. The van der Waals surface area contributed by atoms with Crippen molar-refractivity contribution in [2.75, 3.05) is 6.61 Å². The second-order valence-corrected chi connectivity index (χ2v) is 7.39. The first-order valence-corrected chi connectivity index (χ1v) is 9.91. The number of rotatable bonds is 8. The van der Waals surface area contributed by atoms with E-state index in [1.807, 2.05) is 54.6 Å². The molecule has 0 saturated heterocycles. The molecule has 3 N–H and O–H groups in total. The highest BCUT2D eigenvalue weighted by Crippen LogP contribution is 2.44. The fraction of sp³-hybridized carbons (Fsp3) is 0.304. The van der Waals surface area contributed by atoms with Gasteiger partial charge in [0.25, 0.3) is 0 Å². The minimum absolute atomic E-state index is 0.0477. The number of fused-ring (bicyclic) bond motifs is 3. The highest BCUT2D eigenvalue weighted by molar-refractivity contribution is 5.89. The second kappa shape index (κ2) is 9.76. The van der Waals surface area contributed by atoms with Gasteiger partial charge in [0.2, 0.25) is 5.91 Å². The van der Waals surface area contributed by atoms with Crippen molar-refractivity contribution in [3.8, 4) is 17.2 Å². The third kappa shape index (κ3) is 5.20. The average molecular weight is 421 g/mol. The summed E-state index contributed by atoms with van der Waals surface area (Å²) in [5.74, 6) is -2.08. The SMILES string of the molecule is CC(CC#N)NC(=O)C(CC(=O)O)NC(=O)OCC1c2ccccc2-c2ccccc21. The highest BCUT2D eigenvalue weighted by atomic mass is 16.5. The quantitative estimate of drug-likeness (QED) is 0.601. The average Bonchev–Trinajstić information content (AvgIpc) is 3.05. The predicted molar refractivity (Wildman–Crippen MR) is 112 cm³/mol. The number of carbonyl (C=O) groups is 3. The number of benzene rings is 2. The number of aliphatic carboxylic acids is 1. The first-order chi connectivity index (χ1) is 14.9. The van der Waals surface area contributed by atoms with Crippen LogP contribution in [-0.4, -0.2) is 41.8 Å². The number of hydrogen-bond donors (Lipinski definition) is 3. The Morgan fingerprint density at radius 1 is 1.06 bits per heavy atom. The van der Waals surface area contributed by atoms with Crippen LogP contribution in [0.1, 0.15) is 36.8 Å². The first kappa shape index (κ1) is 21.8. The van der Waals surface area contributed by atoms with Crippen LogP contribution in [0.3, 0.4) is 0 Å². The molecule has 8 nitrogen and oxygen atoms in total. The van der Waals surface area contributed by atoms with Crippen LogP contribution >= 0.6 is 0 Å². The molecule has 0 fully saturated rings. The Hall–Kier alpha value is -3.86. The van der Waals surface area contributed by atoms with E-state index in [4.69, 9.17) is 15.1 Å². The van der Waals surface area contributed by atoms with Crippen molar-refractivity contribution < 1.29 is 24.2 Å². The topological polar surface area (TPSA) is 129 Å². The molecule has 160 valence electrons. The molecule has 2 aromatic rings. The number of carboxylic acid groups (broad SMARTS) is 1. The molecule has 0 bridgehead atoms. The molecule has 2 aromatic carbocycles. The van der Waals surface area contributed by atoms with Gasteiger partial charge in [-0.3, -0.25) is 9.59 Å². The zero-order valence-electron chi connectivity index (χ0n) is 17.0. The molecular weight excluding hydrogens is 398 g/mol. The Bertz CT molecular complexity index is 984. The summed E-state index contributed by atoms with van der Waals surface area (Å²) in [5, 5.41) is 22.6. The lowest BCUT2D eigenvalue weighted by Gasteiger charge is -2.20. The van der Waals surface area contributed by atoms with Crippen molar-refractivity contribution in [1.82, 2.24) is 10.6 Å². The van der Waals surface area contributed by atoms with Crippen molar-refractivity contribution in [2.45, 2.75) is 37.8 Å². The minimum Gasteiger partial charge on any atom is -0.481 e. The lowest BCUT2D eigenvalue weighted by atomic mass is 9.98. The van der Waals surface area contributed by atoms with Gasteiger partial charge in [0.05, 0.1) is 18.9 Å². The molecule has 0 radical (unpaired) electrons. The molecule has 31 heavy (non-hydrogen) atoms. The Labute approximate surface area is 179 Å². The smallest absolute Gasteiger partial charge is 0.407 e. The summed E-state index contributed by atoms with van der Waals surface area (Å²) < 4.78 is 5.38. The third-order valence-corrected chi connectivity index (χ3v) is 5.12. The van der Waals surface area contributed by atoms with Crippen molar-refractivity contribution in [2.24, 2.45) is 0 Å². The van der Waals surface area contributed by atoms with Crippen LogP contribution in [0.15, 0.2) is 48.5 Å². The van der Waals surface area contributed by atoms with E-state index in [0.717, 1.165) is 22.3 Å². The Balaban J connectivity index is 1.66. The summed E-state index contributed by atoms with van der Waals surface area (Å²) in [6.07, 6.45) is -1.41. The van der Waals surface area contributed by atoms with Gasteiger partial charge in [0.15, 0.2) is 0 Å². The van der Waals surface area contributed by atoms with Gasteiger partial charge < -0.3 is 20.5 Å². The summed E-state index contributed by atoms with van der Waals surface area (Å²) >= 11 is 0. The molecule has 1 aliphatic rings. The monoisotopic (exact) mass is 421 g/mol. The van der Waals surface area contributed by atoms with Crippen molar-refractivity contribution in [3.63, 3.8) is 0 Å². The maximum atomic E-state index is 12.4. The number of ether oxygens (including phenoxy) is 1. The maximum Gasteiger partial charge on any atom is 0.407 e. The summed E-state index contributed by atoms with van der Waals surface area (Å²) in [6.45, 7) is 1.67. The third-order valence-electron chi connectivity index (χ3n) is 5.12. The molecule has 2 atom stereocenters. The molecule has 0 spiro atoms. The molecule has 2 unspecified atom stereocenters. The summed E-state index contributed by atoms with van der Waals surface area (Å²) in [6, 6.07) is 15.9. The Morgan fingerprint density at radius 2 is 1.65 bits per heavy atom. The fourth-order valence-corrected chi connectivity index (χ4v) is 3.70. The summed E-state index contributed by atoms with van der Waals surface area (Å²) in [7, 11) is 0. The number of amides is 2. The van der Waals surface area contributed by atoms with Gasteiger partial charge in [0, 0.05) is 12.0 Å². The van der Waals surface area contributed by atoms with Gasteiger partial charge in [-0.1, -0.05) is 48.5 Å². The molecule has 0 aromatic heterocycles. The number of nitrogens with zero attached hydrogens (tertiary/aromatic N) is 1. The van der Waals surface area contributed by atoms with Crippen LogP contribution in [0.2, 0.25) is 0 Å². The largest absolute Gasteiger partial charge is 0.481 e. The summed E-state index contributed by atoms with van der Waals surface area (Å²) in [5.41, 5.74) is 4.26. The number of carbonyl (C=O) groups excluding carboxylic acids is 2. The van der Waals surface area contributed by atoms with Gasteiger partial charge in [0.1, 0.15) is 12.6 Å². The van der Waals surface area contributed by atoms with Gasteiger partial charge in [-0.15, -0.1) is 0 Å². The standard InChI is InChI=1S/C23H23N3O5/c1-14(10-11-24)25-22(29)20(12-21(27)28)26-23(30)31-13-19-17-8-4-2-6-15(17)16-7-3-5-9-18(16)19/h2-9,14,19-20H,10,12-13H2,1H3,(H,25,29)(H,26,30)(H,27,28). The van der Waals surface area contributed by atoms with E-state index in [2.05, 4.69) is 10.6 Å². The van der Waals surface area contributed by atoms with Gasteiger partial charge in [-0.25, -0.2) is 4.79 Å². The van der Waals surface area contributed by atoms with E-state index in [-0.39, 0.29) is 18.9 Å². The Kier molecular flexibility index (Phi) is 6.88. The fourth-order valence-electron chi connectivity index (χ4n) is 3.70. The molecule has 1 aliphatic carbocycles.